The SMILES string of the molecule is CCNC(=NCc1cc(OC)c(OC)c(OC)c1)NCc1nnc2n1CCCC2.I. The molecule has 3 rings (SSSR count). The molecule has 0 amide bonds. The summed E-state index contributed by atoms with van der Waals surface area (Å²) in [5, 5.41) is 15.3. The van der Waals surface area contributed by atoms with Gasteiger partial charge in [-0.25, -0.2) is 4.99 Å². The maximum atomic E-state index is 5.42. The van der Waals surface area contributed by atoms with Gasteiger partial charge in [-0.1, -0.05) is 0 Å². The second-order valence-corrected chi connectivity index (χ2v) is 6.72. The van der Waals surface area contributed by atoms with E-state index in [0.717, 1.165) is 42.7 Å². The first-order chi connectivity index (χ1) is 14.2. The van der Waals surface area contributed by atoms with Crippen LogP contribution in [0.4, 0.5) is 0 Å². The van der Waals surface area contributed by atoms with E-state index in [0.29, 0.717) is 30.3 Å². The number of halogens is 1. The maximum Gasteiger partial charge on any atom is 0.203 e. The van der Waals surface area contributed by atoms with Crippen LogP contribution < -0.4 is 24.8 Å². The zero-order chi connectivity index (χ0) is 20.6. The van der Waals surface area contributed by atoms with Gasteiger partial charge in [0.25, 0.3) is 0 Å². The van der Waals surface area contributed by atoms with E-state index in [4.69, 9.17) is 14.2 Å². The second-order valence-electron chi connectivity index (χ2n) is 6.72. The van der Waals surface area contributed by atoms with Gasteiger partial charge in [0.1, 0.15) is 5.82 Å². The van der Waals surface area contributed by atoms with E-state index < -0.39 is 0 Å². The Bertz CT molecular complexity index is 830. The monoisotopic (exact) mass is 530 g/mol. The highest BCUT2D eigenvalue weighted by Crippen LogP contribution is 2.38. The molecule has 30 heavy (non-hydrogen) atoms. The van der Waals surface area contributed by atoms with Crippen molar-refractivity contribution in [2.45, 2.75) is 45.8 Å². The Morgan fingerprint density at radius 2 is 1.80 bits per heavy atom. The zero-order valence-corrected chi connectivity index (χ0v) is 20.4. The highest BCUT2D eigenvalue weighted by atomic mass is 127. The van der Waals surface area contributed by atoms with Crippen LogP contribution in [0.5, 0.6) is 17.2 Å². The third-order valence-electron chi connectivity index (χ3n) is 4.84. The standard InChI is InChI=1S/C20H30N6O3.HI/c1-5-21-20(23-13-18-25-24-17-8-6-7-9-26(17)18)22-12-14-10-15(27-2)19(29-4)16(11-14)28-3;/h10-11H,5-9,12-13H2,1-4H3,(H2,21,22,23);1H. The van der Waals surface area contributed by atoms with Crippen molar-refractivity contribution < 1.29 is 14.2 Å². The Morgan fingerprint density at radius 3 is 2.43 bits per heavy atom. The number of aryl methyl sites for hydroxylation is 1. The van der Waals surface area contributed by atoms with Gasteiger partial charge in [0, 0.05) is 19.5 Å². The summed E-state index contributed by atoms with van der Waals surface area (Å²) >= 11 is 0. The van der Waals surface area contributed by atoms with Crippen LogP contribution in [0.2, 0.25) is 0 Å². The van der Waals surface area contributed by atoms with Crippen molar-refractivity contribution in [2.24, 2.45) is 4.99 Å². The molecule has 0 radical (unpaired) electrons. The second kappa shape index (κ2) is 11.8. The molecule has 1 aliphatic heterocycles. The highest BCUT2D eigenvalue weighted by Gasteiger charge is 2.16. The van der Waals surface area contributed by atoms with E-state index in [-0.39, 0.29) is 24.0 Å². The van der Waals surface area contributed by atoms with Crippen LogP contribution in [-0.2, 0) is 26.1 Å². The van der Waals surface area contributed by atoms with Crippen molar-refractivity contribution in [3.63, 3.8) is 0 Å². The van der Waals surface area contributed by atoms with E-state index in [1.54, 1.807) is 21.3 Å². The lowest BCUT2D eigenvalue weighted by atomic mass is 10.2. The minimum Gasteiger partial charge on any atom is -0.493 e. The summed E-state index contributed by atoms with van der Waals surface area (Å²) in [6.45, 7) is 4.82. The van der Waals surface area contributed by atoms with Crippen molar-refractivity contribution in [3.05, 3.63) is 29.3 Å². The third-order valence-corrected chi connectivity index (χ3v) is 4.84. The van der Waals surface area contributed by atoms with Gasteiger partial charge in [-0.05, 0) is 37.5 Å². The predicted molar refractivity (Wildman–Crippen MR) is 126 cm³/mol. The van der Waals surface area contributed by atoms with E-state index in [1.165, 1.54) is 12.8 Å². The molecular weight excluding hydrogens is 499 g/mol. The van der Waals surface area contributed by atoms with Crippen LogP contribution in [0.25, 0.3) is 0 Å². The van der Waals surface area contributed by atoms with Crippen LogP contribution in [0, 0.1) is 0 Å². The van der Waals surface area contributed by atoms with Gasteiger partial charge >= 0.3 is 0 Å². The Morgan fingerprint density at radius 1 is 1.07 bits per heavy atom. The quantitative estimate of drug-likeness (QED) is 0.308. The number of hydrogen-bond acceptors (Lipinski definition) is 6. The number of benzene rings is 1. The lowest BCUT2D eigenvalue weighted by Crippen LogP contribution is -2.37. The largest absolute Gasteiger partial charge is 0.493 e. The van der Waals surface area contributed by atoms with E-state index >= 15 is 0 Å². The summed E-state index contributed by atoms with van der Waals surface area (Å²) in [4.78, 5) is 4.69. The first-order valence-electron chi connectivity index (χ1n) is 9.92. The summed E-state index contributed by atoms with van der Waals surface area (Å²) in [7, 11) is 4.80. The fraction of sp³-hybridized carbons (Fsp3) is 0.550. The van der Waals surface area contributed by atoms with Crippen molar-refractivity contribution in [2.75, 3.05) is 27.9 Å². The molecule has 1 aromatic carbocycles. The third kappa shape index (κ3) is 5.67. The molecule has 2 heterocycles. The molecule has 1 aliphatic rings. The van der Waals surface area contributed by atoms with Gasteiger partial charge in [-0.2, -0.15) is 0 Å². The average molecular weight is 530 g/mol. The van der Waals surface area contributed by atoms with Crippen LogP contribution in [0.3, 0.4) is 0 Å². The van der Waals surface area contributed by atoms with Gasteiger partial charge in [0.15, 0.2) is 23.3 Å². The number of methoxy groups -OCH3 is 3. The molecule has 2 N–H and O–H groups in total. The molecule has 0 fully saturated rings. The lowest BCUT2D eigenvalue weighted by molar-refractivity contribution is 0.324. The fourth-order valence-electron chi connectivity index (χ4n) is 3.40. The molecule has 0 unspecified atom stereocenters. The number of rotatable bonds is 8. The average Bonchev–Trinajstić information content (AvgIpc) is 3.18. The Hall–Kier alpha value is -2.24. The molecule has 0 bridgehead atoms. The molecular formula is C20H31IN6O3. The van der Waals surface area contributed by atoms with Crippen LogP contribution in [0.15, 0.2) is 17.1 Å². The number of hydrogen-bond donors (Lipinski definition) is 2. The van der Waals surface area contributed by atoms with Crippen LogP contribution >= 0.6 is 24.0 Å². The molecule has 0 spiro atoms. The molecule has 2 aromatic rings. The number of guanidine groups is 1. The van der Waals surface area contributed by atoms with Crippen molar-refractivity contribution in [1.82, 2.24) is 25.4 Å². The van der Waals surface area contributed by atoms with E-state index in [9.17, 15) is 0 Å². The van der Waals surface area contributed by atoms with Gasteiger partial charge in [-0.3, -0.25) is 0 Å². The molecule has 10 heteroatoms. The van der Waals surface area contributed by atoms with E-state index in [2.05, 4.69) is 30.4 Å². The fourth-order valence-corrected chi connectivity index (χ4v) is 3.40. The van der Waals surface area contributed by atoms with Crippen molar-refractivity contribution in [1.29, 1.82) is 0 Å². The van der Waals surface area contributed by atoms with Gasteiger partial charge < -0.3 is 29.4 Å². The smallest absolute Gasteiger partial charge is 0.203 e. The molecule has 9 nitrogen and oxygen atoms in total. The number of aliphatic imine (C=N–C) groups is 1. The molecule has 0 saturated heterocycles. The number of fused-ring (bicyclic) bond motifs is 1. The molecule has 1 aromatic heterocycles. The molecule has 166 valence electrons. The lowest BCUT2D eigenvalue weighted by Gasteiger charge is -2.16. The summed E-state index contributed by atoms with van der Waals surface area (Å²) in [5.41, 5.74) is 0.955. The Balaban J connectivity index is 0.00000320. The van der Waals surface area contributed by atoms with Crippen LogP contribution in [-0.4, -0.2) is 48.6 Å². The van der Waals surface area contributed by atoms with Gasteiger partial charge in [0.05, 0.1) is 34.4 Å². The minimum absolute atomic E-state index is 0. The number of nitrogens with one attached hydrogen (secondary N) is 2. The molecule has 0 atom stereocenters. The first kappa shape index (κ1) is 24.0. The normalized spacial score (nSPS) is 13.1. The number of nitrogens with zero attached hydrogens (tertiary/aromatic N) is 4. The molecule has 0 saturated carbocycles. The summed E-state index contributed by atoms with van der Waals surface area (Å²) in [6.07, 6.45) is 3.36. The summed E-state index contributed by atoms with van der Waals surface area (Å²) in [6, 6.07) is 3.81. The van der Waals surface area contributed by atoms with Crippen molar-refractivity contribution >= 4 is 29.9 Å². The van der Waals surface area contributed by atoms with Crippen molar-refractivity contribution in [3.8, 4) is 17.2 Å². The maximum absolute atomic E-state index is 5.42. The first-order valence-corrected chi connectivity index (χ1v) is 9.92. The van der Waals surface area contributed by atoms with E-state index in [1.807, 2.05) is 19.1 Å². The van der Waals surface area contributed by atoms with Gasteiger partial charge in [0.2, 0.25) is 5.75 Å². The zero-order valence-electron chi connectivity index (χ0n) is 18.0. The Labute approximate surface area is 194 Å². The highest BCUT2D eigenvalue weighted by molar-refractivity contribution is 14.0. The molecule has 0 aliphatic carbocycles. The van der Waals surface area contributed by atoms with Crippen LogP contribution in [0.1, 0.15) is 37.0 Å². The summed E-state index contributed by atoms with van der Waals surface area (Å²) in [5.74, 6) is 4.54. The summed E-state index contributed by atoms with van der Waals surface area (Å²) < 4.78 is 18.4. The predicted octanol–water partition coefficient (Wildman–Crippen LogP) is 2.51. The topological polar surface area (TPSA) is 94.8 Å². The van der Waals surface area contributed by atoms with Gasteiger partial charge in [-0.15, -0.1) is 34.2 Å². The minimum atomic E-state index is 0. The number of aromatic nitrogens is 3. The Kier molecular flexibility index (Phi) is 9.47. The number of ether oxygens (including phenoxy) is 3.